The van der Waals surface area contributed by atoms with Crippen LogP contribution >= 0.6 is 0 Å². The minimum absolute atomic E-state index is 0.427. The Morgan fingerprint density at radius 1 is 1.40 bits per heavy atom. The van der Waals surface area contributed by atoms with Crippen LogP contribution < -0.4 is 0 Å². The molecule has 0 atom stereocenters. The zero-order valence-corrected chi connectivity index (χ0v) is 9.83. The Morgan fingerprint density at radius 2 is 2.00 bits per heavy atom. The fraction of sp³-hybridized carbons (Fsp3) is 0.889. The molecule has 5 nitrogen and oxygen atoms in total. The van der Waals surface area contributed by atoms with Gasteiger partial charge in [0.05, 0.1) is 6.07 Å². The van der Waals surface area contributed by atoms with E-state index >= 15 is 0 Å². The van der Waals surface area contributed by atoms with Crippen molar-refractivity contribution in [1.82, 2.24) is 9.21 Å². The van der Waals surface area contributed by atoms with Crippen LogP contribution in [0.3, 0.4) is 0 Å². The zero-order chi connectivity index (χ0) is 11.3. The molecule has 0 bridgehead atoms. The quantitative estimate of drug-likeness (QED) is 0.661. The number of likely N-dealkylation sites (N-methyl/N-ethyl adjacent to an activating group) is 1. The van der Waals surface area contributed by atoms with Crippen molar-refractivity contribution in [3.05, 3.63) is 0 Å². The first-order chi connectivity index (χ1) is 7.06. The van der Waals surface area contributed by atoms with Gasteiger partial charge in [-0.15, -0.1) is 0 Å². The van der Waals surface area contributed by atoms with Crippen LogP contribution in [-0.2, 0) is 10.0 Å². The Balaban J connectivity index is 2.35. The third-order valence-electron chi connectivity index (χ3n) is 2.65. The number of nitrogens with zero attached hydrogens (tertiary/aromatic N) is 3. The van der Waals surface area contributed by atoms with Crippen LogP contribution in [0.5, 0.6) is 0 Å². The maximum Gasteiger partial charge on any atom is 0.227 e. The molecule has 0 unspecified atom stereocenters. The van der Waals surface area contributed by atoms with Gasteiger partial charge in [-0.25, -0.2) is 12.7 Å². The topological polar surface area (TPSA) is 64.4 Å². The lowest BCUT2D eigenvalue weighted by atomic mass is 10.4. The molecule has 1 saturated heterocycles. The normalized spacial score (nSPS) is 18.2. The van der Waals surface area contributed by atoms with Crippen molar-refractivity contribution in [2.75, 3.05) is 39.0 Å². The molecule has 0 spiro atoms. The van der Waals surface area contributed by atoms with Gasteiger partial charge in [-0.3, -0.25) is 0 Å². The maximum absolute atomic E-state index is 11.4. The van der Waals surface area contributed by atoms with E-state index in [9.17, 15) is 8.42 Å². The van der Waals surface area contributed by atoms with Crippen LogP contribution in [0, 0.1) is 11.3 Å². The van der Waals surface area contributed by atoms with Crippen LogP contribution in [0.15, 0.2) is 0 Å². The molecular weight excluding hydrogens is 214 g/mol. The van der Waals surface area contributed by atoms with Crippen LogP contribution in [0.25, 0.3) is 0 Å². The largest absolute Gasteiger partial charge is 0.302 e. The minimum Gasteiger partial charge on any atom is -0.302 e. The fourth-order valence-corrected chi connectivity index (χ4v) is 2.36. The molecule has 1 heterocycles. The monoisotopic (exact) mass is 231 g/mol. The van der Waals surface area contributed by atoms with E-state index in [0.717, 1.165) is 19.6 Å². The summed E-state index contributed by atoms with van der Waals surface area (Å²) in [5, 5.41) is 8.36. The summed E-state index contributed by atoms with van der Waals surface area (Å²) in [6.07, 6.45) is 2.41. The second kappa shape index (κ2) is 5.45. The van der Waals surface area contributed by atoms with E-state index in [0.29, 0.717) is 6.54 Å². The SMILES string of the molecule is CN(CCN1CCCC1)S(=O)(=O)CC#N. The van der Waals surface area contributed by atoms with Crippen molar-refractivity contribution in [3.63, 3.8) is 0 Å². The molecule has 1 rings (SSSR count). The second-order valence-corrected chi connectivity index (χ2v) is 5.86. The number of rotatable bonds is 5. The first-order valence-corrected chi connectivity index (χ1v) is 6.70. The Hall–Kier alpha value is -0.640. The van der Waals surface area contributed by atoms with E-state index in [-0.39, 0.29) is 0 Å². The molecule has 1 aliphatic heterocycles. The fourth-order valence-electron chi connectivity index (χ4n) is 1.62. The third kappa shape index (κ3) is 3.78. The predicted octanol–water partition coefficient (Wildman–Crippen LogP) is -0.133. The summed E-state index contributed by atoms with van der Waals surface area (Å²) in [7, 11) is -1.83. The van der Waals surface area contributed by atoms with Gasteiger partial charge in [0.25, 0.3) is 0 Å². The van der Waals surface area contributed by atoms with Gasteiger partial charge in [-0.2, -0.15) is 5.26 Å². The summed E-state index contributed by atoms with van der Waals surface area (Å²) in [4.78, 5) is 2.25. The summed E-state index contributed by atoms with van der Waals surface area (Å²) in [6, 6.07) is 1.67. The van der Waals surface area contributed by atoms with Crippen LogP contribution in [0.2, 0.25) is 0 Å². The van der Waals surface area contributed by atoms with Crippen molar-refractivity contribution in [3.8, 4) is 6.07 Å². The van der Waals surface area contributed by atoms with E-state index < -0.39 is 15.8 Å². The molecule has 86 valence electrons. The summed E-state index contributed by atoms with van der Waals surface area (Å²) >= 11 is 0. The summed E-state index contributed by atoms with van der Waals surface area (Å²) in [6.45, 7) is 3.36. The van der Waals surface area contributed by atoms with Crippen molar-refractivity contribution in [1.29, 1.82) is 5.26 Å². The van der Waals surface area contributed by atoms with Crippen LogP contribution in [0.4, 0.5) is 0 Å². The molecule has 0 radical (unpaired) electrons. The lowest BCUT2D eigenvalue weighted by molar-refractivity contribution is 0.310. The van der Waals surface area contributed by atoms with E-state index in [1.165, 1.54) is 24.2 Å². The smallest absolute Gasteiger partial charge is 0.227 e. The van der Waals surface area contributed by atoms with Crippen molar-refractivity contribution >= 4 is 10.0 Å². The Kier molecular flexibility index (Phi) is 4.51. The van der Waals surface area contributed by atoms with E-state index in [1.54, 1.807) is 6.07 Å². The molecule has 0 aliphatic carbocycles. The average molecular weight is 231 g/mol. The van der Waals surface area contributed by atoms with Gasteiger partial charge < -0.3 is 4.90 Å². The molecule has 1 fully saturated rings. The Labute approximate surface area is 91.3 Å². The average Bonchev–Trinajstić information content (AvgIpc) is 2.66. The zero-order valence-electron chi connectivity index (χ0n) is 9.02. The van der Waals surface area contributed by atoms with Gasteiger partial charge in [-0.1, -0.05) is 0 Å². The molecule has 0 N–H and O–H groups in total. The second-order valence-electron chi connectivity index (χ2n) is 3.78. The molecular formula is C9H17N3O2S. The molecule has 6 heteroatoms. The van der Waals surface area contributed by atoms with Crippen LogP contribution in [-0.4, -0.2) is 56.6 Å². The number of sulfonamides is 1. The molecule has 0 aromatic heterocycles. The molecule has 0 amide bonds. The van der Waals surface area contributed by atoms with E-state index in [2.05, 4.69) is 4.90 Å². The van der Waals surface area contributed by atoms with E-state index in [1.807, 2.05) is 0 Å². The number of hydrogen-bond acceptors (Lipinski definition) is 4. The highest BCUT2D eigenvalue weighted by molar-refractivity contribution is 7.89. The van der Waals surface area contributed by atoms with Gasteiger partial charge in [0.2, 0.25) is 10.0 Å². The number of hydrogen-bond donors (Lipinski definition) is 0. The highest BCUT2D eigenvalue weighted by Crippen LogP contribution is 2.07. The lowest BCUT2D eigenvalue weighted by Crippen LogP contribution is -2.36. The van der Waals surface area contributed by atoms with Gasteiger partial charge >= 0.3 is 0 Å². The van der Waals surface area contributed by atoms with Crippen molar-refractivity contribution < 1.29 is 8.42 Å². The standard InChI is InChI=1S/C9H17N3O2S/c1-11(15(13,14)9-4-10)7-8-12-5-2-3-6-12/h2-3,5-9H2,1H3. The molecule has 0 saturated carbocycles. The Bertz CT molecular complexity index is 328. The first kappa shape index (κ1) is 12.4. The maximum atomic E-state index is 11.4. The summed E-state index contributed by atoms with van der Waals surface area (Å²) < 4.78 is 24.1. The molecule has 1 aliphatic rings. The van der Waals surface area contributed by atoms with Crippen molar-refractivity contribution in [2.24, 2.45) is 0 Å². The first-order valence-electron chi connectivity index (χ1n) is 5.09. The third-order valence-corrected chi connectivity index (χ3v) is 4.28. The van der Waals surface area contributed by atoms with E-state index in [4.69, 9.17) is 5.26 Å². The molecule has 0 aromatic carbocycles. The Morgan fingerprint density at radius 3 is 2.53 bits per heavy atom. The van der Waals surface area contributed by atoms with Crippen molar-refractivity contribution in [2.45, 2.75) is 12.8 Å². The number of likely N-dealkylation sites (tertiary alicyclic amines) is 1. The molecule has 15 heavy (non-hydrogen) atoms. The van der Waals surface area contributed by atoms with Gasteiger partial charge in [0.15, 0.2) is 5.75 Å². The summed E-state index contributed by atoms with van der Waals surface area (Å²) in [5.41, 5.74) is 0. The molecule has 0 aromatic rings. The lowest BCUT2D eigenvalue weighted by Gasteiger charge is -2.20. The number of nitriles is 1. The van der Waals surface area contributed by atoms with Gasteiger partial charge in [0.1, 0.15) is 0 Å². The highest BCUT2D eigenvalue weighted by Gasteiger charge is 2.19. The highest BCUT2D eigenvalue weighted by atomic mass is 32.2. The predicted molar refractivity (Wildman–Crippen MR) is 57.7 cm³/mol. The van der Waals surface area contributed by atoms with Gasteiger partial charge in [-0.05, 0) is 25.9 Å². The van der Waals surface area contributed by atoms with Crippen LogP contribution in [0.1, 0.15) is 12.8 Å². The minimum atomic E-state index is -3.36. The summed E-state index contributed by atoms with van der Waals surface area (Å²) in [5.74, 6) is -0.427. The van der Waals surface area contributed by atoms with Gasteiger partial charge in [0, 0.05) is 20.1 Å².